The van der Waals surface area contributed by atoms with Crippen molar-refractivity contribution in [2.24, 2.45) is 16.6 Å². The van der Waals surface area contributed by atoms with Crippen molar-refractivity contribution in [2.75, 3.05) is 20.3 Å². The average Bonchev–Trinajstić information content (AvgIpc) is 2.83. The first-order chi connectivity index (χ1) is 5.98. The topological polar surface area (TPSA) is 55.5 Å². The molecule has 1 fully saturated rings. The number of hydrogen-bond donors (Lipinski definition) is 2. The SMILES string of the molecule is COCC(C)(C)C(O)C1(CN)CC1. The van der Waals surface area contributed by atoms with Gasteiger partial charge >= 0.3 is 0 Å². The fourth-order valence-corrected chi connectivity index (χ4v) is 2.03. The van der Waals surface area contributed by atoms with Crippen molar-refractivity contribution >= 4 is 0 Å². The molecule has 1 saturated carbocycles. The third-order valence-corrected chi connectivity index (χ3v) is 3.14. The number of aliphatic hydroxyl groups excluding tert-OH is 1. The number of hydrogen-bond acceptors (Lipinski definition) is 3. The summed E-state index contributed by atoms with van der Waals surface area (Å²) in [6, 6.07) is 0. The van der Waals surface area contributed by atoms with Crippen LogP contribution >= 0.6 is 0 Å². The van der Waals surface area contributed by atoms with Gasteiger partial charge in [-0.2, -0.15) is 0 Å². The van der Waals surface area contributed by atoms with E-state index in [1.807, 2.05) is 13.8 Å². The zero-order valence-electron chi connectivity index (χ0n) is 8.84. The first kappa shape index (κ1) is 11.0. The van der Waals surface area contributed by atoms with Gasteiger partial charge in [0.25, 0.3) is 0 Å². The van der Waals surface area contributed by atoms with Crippen molar-refractivity contribution in [3.05, 3.63) is 0 Å². The number of ether oxygens (including phenoxy) is 1. The third kappa shape index (κ3) is 2.03. The van der Waals surface area contributed by atoms with Crippen LogP contribution in [0.1, 0.15) is 26.7 Å². The molecule has 0 radical (unpaired) electrons. The molecule has 0 spiro atoms. The predicted octanol–water partition coefficient (Wildman–Crippen LogP) is 0.759. The Bertz CT molecular complexity index is 176. The van der Waals surface area contributed by atoms with E-state index in [9.17, 15) is 5.11 Å². The minimum Gasteiger partial charge on any atom is -0.392 e. The summed E-state index contributed by atoms with van der Waals surface area (Å²) >= 11 is 0. The van der Waals surface area contributed by atoms with E-state index in [1.165, 1.54) is 0 Å². The van der Waals surface area contributed by atoms with E-state index in [1.54, 1.807) is 7.11 Å². The van der Waals surface area contributed by atoms with Crippen LogP contribution in [0.5, 0.6) is 0 Å². The molecule has 0 aromatic rings. The van der Waals surface area contributed by atoms with Crippen LogP contribution in [0.2, 0.25) is 0 Å². The molecule has 3 N–H and O–H groups in total. The van der Waals surface area contributed by atoms with Gasteiger partial charge in [-0.3, -0.25) is 0 Å². The zero-order valence-corrected chi connectivity index (χ0v) is 8.84. The highest BCUT2D eigenvalue weighted by molar-refractivity contribution is 5.04. The van der Waals surface area contributed by atoms with E-state index >= 15 is 0 Å². The van der Waals surface area contributed by atoms with Gasteiger partial charge in [-0.1, -0.05) is 13.8 Å². The van der Waals surface area contributed by atoms with E-state index in [0.29, 0.717) is 13.2 Å². The Morgan fingerprint density at radius 1 is 1.54 bits per heavy atom. The highest BCUT2D eigenvalue weighted by atomic mass is 16.5. The fourth-order valence-electron chi connectivity index (χ4n) is 2.03. The second-order valence-electron chi connectivity index (χ2n) is 4.89. The van der Waals surface area contributed by atoms with Gasteiger partial charge in [0, 0.05) is 24.5 Å². The number of methoxy groups -OCH3 is 1. The van der Waals surface area contributed by atoms with E-state index < -0.39 is 0 Å². The second kappa shape index (κ2) is 3.56. The Labute approximate surface area is 80.3 Å². The lowest BCUT2D eigenvalue weighted by molar-refractivity contribution is -0.0474. The van der Waals surface area contributed by atoms with Crippen LogP contribution in [-0.2, 0) is 4.74 Å². The summed E-state index contributed by atoms with van der Waals surface area (Å²) in [6.45, 7) is 5.21. The Kier molecular flexibility index (Phi) is 3.00. The van der Waals surface area contributed by atoms with Crippen LogP contribution in [0.25, 0.3) is 0 Å². The fraction of sp³-hybridized carbons (Fsp3) is 1.00. The first-order valence-corrected chi connectivity index (χ1v) is 4.85. The summed E-state index contributed by atoms with van der Waals surface area (Å²) in [5.74, 6) is 0. The normalized spacial score (nSPS) is 22.8. The maximum atomic E-state index is 10.1. The Balaban J connectivity index is 2.60. The molecule has 0 aromatic carbocycles. The highest BCUT2D eigenvalue weighted by Crippen LogP contribution is 2.52. The molecule has 3 heteroatoms. The number of rotatable bonds is 5. The molecule has 1 rings (SSSR count). The van der Waals surface area contributed by atoms with Gasteiger partial charge < -0.3 is 15.6 Å². The first-order valence-electron chi connectivity index (χ1n) is 4.85. The Morgan fingerprint density at radius 3 is 2.38 bits per heavy atom. The van der Waals surface area contributed by atoms with Gasteiger partial charge in [0.15, 0.2) is 0 Å². The summed E-state index contributed by atoms with van der Waals surface area (Å²) in [7, 11) is 1.66. The van der Waals surface area contributed by atoms with E-state index in [2.05, 4.69) is 0 Å². The second-order valence-corrected chi connectivity index (χ2v) is 4.89. The molecule has 1 aliphatic rings. The quantitative estimate of drug-likeness (QED) is 0.668. The summed E-state index contributed by atoms with van der Waals surface area (Å²) in [6.07, 6.45) is 1.76. The molecule has 3 nitrogen and oxygen atoms in total. The highest BCUT2D eigenvalue weighted by Gasteiger charge is 2.52. The lowest BCUT2D eigenvalue weighted by Crippen LogP contribution is -2.43. The largest absolute Gasteiger partial charge is 0.392 e. The Hall–Kier alpha value is -0.120. The smallest absolute Gasteiger partial charge is 0.0681 e. The minimum atomic E-state index is -0.343. The Morgan fingerprint density at radius 2 is 2.08 bits per heavy atom. The molecule has 78 valence electrons. The van der Waals surface area contributed by atoms with Crippen LogP contribution in [0.15, 0.2) is 0 Å². The van der Waals surface area contributed by atoms with Crippen molar-refractivity contribution in [2.45, 2.75) is 32.8 Å². The summed E-state index contributed by atoms with van der Waals surface area (Å²) in [5, 5.41) is 10.1. The number of aliphatic hydroxyl groups is 1. The van der Waals surface area contributed by atoms with E-state index in [0.717, 1.165) is 12.8 Å². The maximum Gasteiger partial charge on any atom is 0.0681 e. The molecule has 0 saturated heterocycles. The van der Waals surface area contributed by atoms with Crippen LogP contribution < -0.4 is 5.73 Å². The number of nitrogens with two attached hydrogens (primary N) is 1. The molecule has 0 aromatic heterocycles. The summed E-state index contributed by atoms with van der Waals surface area (Å²) < 4.78 is 5.09. The van der Waals surface area contributed by atoms with E-state index in [4.69, 9.17) is 10.5 Å². The van der Waals surface area contributed by atoms with Gasteiger partial charge in [0.1, 0.15) is 0 Å². The van der Waals surface area contributed by atoms with Gasteiger partial charge in [-0.15, -0.1) is 0 Å². The van der Waals surface area contributed by atoms with E-state index in [-0.39, 0.29) is 16.9 Å². The van der Waals surface area contributed by atoms with Gasteiger partial charge in [-0.25, -0.2) is 0 Å². The van der Waals surface area contributed by atoms with Crippen LogP contribution in [0, 0.1) is 10.8 Å². The monoisotopic (exact) mass is 187 g/mol. The molecular formula is C10H21NO2. The molecule has 0 amide bonds. The lowest BCUT2D eigenvalue weighted by atomic mass is 9.78. The molecule has 0 aliphatic heterocycles. The van der Waals surface area contributed by atoms with Crippen molar-refractivity contribution < 1.29 is 9.84 Å². The maximum absolute atomic E-state index is 10.1. The predicted molar refractivity (Wildman–Crippen MR) is 52.4 cm³/mol. The van der Waals surface area contributed by atoms with Crippen molar-refractivity contribution in [1.82, 2.24) is 0 Å². The van der Waals surface area contributed by atoms with Gasteiger partial charge in [0.2, 0.25) is 0 Å². The molecule has 1 aliphatic carbocycles. The van der Waals surface area contributed by atoms with Crippen LogP contribution in [0.3, 0.4) is 0 Å². The molecular weight excluding hydrogens is 166 g/mol. The van der Waals surface area contributed by atoms with Gasteiger partial charge in [-0.05, 0) is 12.8 Å². The molecule has 1 unspecified atom stereocenters. The zero-order chi connectivity index (χ0) is 10.1. The van der Waals surface area contributed by atoms with Crippen molar-refractivity contribution in [3.63, 3.8) is 0 Å². The molecule has 1 atom stereocenters. The summed E-state index contributed by atoms with van der Waals surface area (Å²) in [4.78, 5) is 0. The average molecular weight is 187 g/mol. The summed E-state index contributed by atoms with van der Waals surface area (Å²) in [5.41, 5.74) is 5.46. The van der Waals surface area contributed by atoms with Crippen LogP contribution in [-0.4, -0.2) is 31.5 Å². The van der Waals surface area contributed by atoms with Crippen LogP contribution in [0.4, 0.5) is 0 Å². The van der Waals surface area contributed by atoms with Gasteiger partial charge in [0.05, 0.1) is 12.7 Å². The third-order valence-electron chi connectivity index (χ3n) is 3.14. The minimum absolute atomic E-state index is 0.0119. The molecule has 13 heavy (non-hydrogen) atoms. The van der Waals surface area contributed by atoms with Crippen molar-refractivity contribution in [3.8, 4) is 0 Å². The lowest BCUT2D eigenvalue weighted by Gasteiger charge is -2.35. The van der Waals surface area contributed by atoms with Crippen molar-refractivity contribution in [1.29, 1.82) is 0 Å². The molecule has 0 bridgehead atoms. The molecule has 0 heterocycles. The standard InChI is InChI=1S/C10H21NO2/c1-9(2,7-13-3)8(12)10(6-11)4-5-10/h8,12H,4-7,11H2,1-3H3.